The van der Waals surface area contributed by atoms with Crippen LogP contribution in [0.25, 0.3) is 12.2 Å². The lowest BCUT2D eigenvalue weighted by Gasteiger charge is -2.13. The summed E-state index contributed by atoms with van der Waals surface area (Å²) >= 11 is 6.10. The first kappa shape index (κ1) is 24.3. The third kappa shape index (κ3) is 5.53. The summed E-state index contributed by atoms with van der Waals surface area (Å²) in [6, 6.07) is 14.9. The van der Waals surface area contributed by atoms with E-state index in [2.05, 4.69) is 4.72 Å². The van der Waals surface area contributed by atoms with E-state index in [1.165, 1.54) is 32.4 Å². The number of nitrogens with one attached hydrogen (secondary N) is 1. The average Bonchev–Trinajstić information content (AvgIpc) is 2.82. The van der Waals surface area contributed by atoms with E-state index in [1.54, 1.807) is 50.6 Å². The van der Waals surface area contributed by atoms with Gasteiger partial charge in [0.05, 0.1) is 44.0 Å². The Bertz CT molecular complexity index is 1250. The zero-order valence-electron chi connectivity index (χ0n) is 18.6. The normalized spacial score (nSPS) is 11.3. The standard InChI is InChI=1S/C24H24ClNO6S/c1-29-21-12-11-18(15-19(21)25)33(27,28)26-20-8-6-5-7-17(20)10-9-16-13-22(30-2)24(32-4)23(14-16)31-3/h5-15,26H,1-4H3. The zero-order chi connectivity index (χ0) is 24.0. The number of methoxy groups -OCH3 is 4. The van der Waals surface area contributed by atoms with Crippen LogP contribution in [0.1, 0.15) is 11.1 Å². The van der Waals surface area contributed by atoms with Crippen LogP contribution in [0.5, 0.6) is 23.0 Å². The van der Waals surface area contributed by atoms with Crippen molar-refractivity contribution in [2.45, 2.75) is 4.90 Å². The van der Waals surface area contributed by atoms with Crippen molar-refractivity contribution in [3.05, 3.63) is 70.7 Å². The molecule has 0 aliphatic heterocycles. The zero-order valence-corrected chi connectivity index (χ0v) is 20.2. The van der Waals surface area contributed by atoms with E-state index in [-0.39, 0.29) is 9.92 Å². The molecule has 1 N–H and O–H groups in total. The quantitative estimate of drug-likeness (QED) is 0.408. The van der Waals surface area contributed by atoms with Crippen LogP contribution >= 0.6 is 11.6 Å². The molecule has 9 heteroatoms. The molecule has 0 aliphatic rings. The SMILES string of the molecule is COc1ccc(S(=O)(=O)Nc2ccccc2C=Cc2cc(OC)c(OC)c(OC)c2)cc1Cl. The maximum atomic E-state index is 12.9. The topological polar surface area (TPSA) is 83.1 Å². The van der Waals surface area contributed by atoms with Gasteiger partial charge in [0.15, 0.2) is 11.5 Å². The molecule has 3 rings (SSSR count). The molecule has 7 nitrogen and oxygen atoms in total. The molecule has 0 heterocycles. The molecule has 0 unspecified atom stereocenters. The summed E-state index contributed by atoms with van der Waals surface area (Å²) in [5, 5.41) is 0.205. The summed E-state index contributed by atoms with van der Waals surface area (Å²) in [7, 11) is 2.21. The fourth-order valence-electron chi connectivity index (χ4n) is 3.14. The van der Waals surface area contributed by atoms with E-state index < -0.39 is 10.0 Å². The Hall–Kier alpha value is -3.36. The number of halogens is 1. The molecule has 0 fully saturated rings. The van der Waals surface area contributed by atoms with Crippen LogP contribution in [0.15, 0.2) is 59.5 Å². The Morgan fingerprint density at radius 3 is 2.00 bits per heavy atom. The predicted molar refractivity (Wildman–Crippen MR) is 130 cm³/mol. The second kappa shape index (κ2) is 10.5. The Kier molecular flexibility index (Phi) is 7.73. The molecule has 0 aliphatic carbocycles. The summed E-state index contributed by atoms with van der Waals surface area (Å²) in [6.07, 6.45) is 3.61. The number of rotatable bonds is 9. The molecule has 0 aromatic heterocycles. The second-order valence-electron chi connectivity index (χ2n) is 6.78. The van der Waals surface area contributed by atoms with E-state index in [0.29, 0.717) is 34.2 Å². The summed E-state index contributed by atoms with van der Waals surface area (Å²) in [5.74, 6) is 1.91. The highest BCUT2D eigenvalue weighted by Gasteiger charge is 2.17. The first-order valence-electron chi connectivity index (χ1n) is 9.76. The van der Waals surface area contributed by atoms with Crippen LogP contribution in [0, 0.1) is 0 Å². The van der Waals surface area contributed by atoms with Crippen molar-refractivity contribution in [1.29, 1.82) is 0 Å². The molecule has 0 amide bonds. The van der Waals surface area contributed by atoms with Gasteiger partial charge in [-0.15, -0.1) is 0 Å². The highest BCUT2D eigenvalue weighted by molar-refractivity contribution is 7.92. The third-order valence-electron chi connectivity index (χ3n) is 4.78. The summed E-state index contributed by atoms with van der Waals surface area (Å²) < 4.78 is 49.7. The molecule has 0 atom stereocenters. The number of hydrogen-bond donors (Lipinski definition) is 1. The highest BCUT2D eigenvalue weighted by atomic mass is 35.5. The van der Waals surface area contributed by atoms with Crippen molar-refractivity contribution in [3.63, 3.8) is 0 Å². The average molecular weight is 490 g/mol. The van der Waals surface area contributed by atoms with Gasteiger partial charge in [-0.25, -0.2) is 8.42 Å². The number of benzene rings is 3. The first-order chi connectivity index (χ1) is 15.8. The maximum Gasteiger partial charge on any atom is 0.261 e. The summed E-state index contributed by atoms with van der Waals surface area (Å²) in [6.45, 7) is 0. The molecule has 3 aromatic rings. The van der Waals surface area contributed by atoms with E-state index in [9.17, 15) is 8.42 Å². The predicted octanol–water partition coefficient (Wildman–Crippen LogP) is 5.35. The molecular weight excluding hydrogens is 466 g/mol. The Balaban J connectivity index is 1.93. The van der Waals surface area contributed by atoms with Crippen molar-refractivity contribution < 1.29 is 27.4 Å². The van der Waals surface area contributed by atoms with Gasteiger partial charge in [-0.05, 0) is 47.5 Å². The Labute approximate surface area is 198 Å². The summed E-state index contributed by atoms with van der Waals surface area (Å²) in [4.78, 5) is 0.0247. The monoisotopic (exact) mass is 489 g/mol. The van der Waals surface area contributed by atoms with Gasteiger partial charge in [-0.2, -0.15) is 0 Å². The minimum Gasteiger partial charge on any atom is -0.495 e. The molecule has 3 aromatic carbocycles. The van der Waals surface area contributed by atoms with Gasteiger partial charge in [-0.3, -0.25) is 4.72 Å². The number of sulfonamides is 1. The molecule has 0 saturated carbocycles. The Morgan fingerprint density at radius 2 is 1.42 bits per heavy atom. The number of anilines is 1. The largest absolute Gasteiger partial charge is 0.495 e. The van der Waals surface area contributed by atoms with Crippen LogP contribution in [-0.4, -0.2) is 36.9 Å². The fourth-order valence-corrected chi connectivity index (χ4v) is 4.57. The molecule has 0 saturated heterocycles. The molecule has 33 heavy (non-hydrogen) atoms. The van der Waals surface area contributed by atoms with E-state index >= 15 is 0 Å². The van der Waals surface area contributed by atoms with Crippen LogP contribution in [-0.2, 0) is 10.0 Å². The molecule has 0 bridgehead atoms. The fraction of sp³-hybridized carbons (Fsp3) is 0.167. The van der Waals surface area contributed by atoms with Gasteiger partial charge in [0.25, 0.3) is 10.0 Å². The first-order valence-corrected chi connectivity index (χ1v) is 11.6. The van der Waals surface area contributed by atoms with Gasteiger partial charge in [0.2, 0.25) is 5.75 Å². The lowest BCUT2D eigenvalue weighted by atomic mass is 10.1. The van der Waals surface area contributed by atoms with Gasteiger partial charge in [-0.1, -0.05) is 42.0 Å². The lowest BCUT2D eigenvalue weighted by Crippen LogP contribution is -2.13. The minimum atomic E-state index is -3.88. The van der Waals surface area contributed by atoms with Gasteiger partial charge >= 0.3 is 0 Å². The maximum absolute atomic E-state index is 12.9. The smallest absolute Gasteiger partial charge is 0.261 e. The van der Waals surface area contributed by atoms with E-state index in [0.717, 1.165) is 5.56 Å². The highest BCUT2D eigenvalue weighted by Crippen LogP contribution is 2.38. The van der Waals surface area contributed by atoms with E-state index in [4.69, 9.17) is 30.5 Å². The Morgan fingerprint density at radius 1 is 0.788 bits per heavy atom. The number of ether oxygens (including phenoxy) is 4. The van der Waals surface area contributed by atoms with Gasteiger partial charge in [0, 0.05) is 0 Å². The molecule has 174 valence electrons. The van der Waals surface area contributed by atoms with Crippen molar-refractivity contribution >= 4 is 39.5 Å². The number of para-hydroxylation sites is 1. The van der Waals surface area contributed by atoms with Gasteiger partial charge in [0.1, 0.15) is 5.75 Å². The molecule has 0 spiro atoms. The third-order valence-corrected chi connectivity index (χ3v) is 6.44. The minimum absolute atomic E-state index is 0.0247. The van der Waals surface area contributed by atoms with Crippen LogP contribution in [0.4, 0.5) is 5.69 Å². The molecular formula is C24H24ClNO6S. The van der Waals surface area contributed by atoms with Crippen molar-refractivity contribution in [3.8, 4) is 23.0 Å². The van der Waals surface area contributed by atoms with Crippen LogP contribution in [0.2, 0.25) is 5.02 Å². The number of hydrogen-bond acceptors (Lipinski definition) is 6. The molecule has 0 radical (unpaired) electrons. The summed E-state index contributed by atoms with van der Waals surface area (Å²) in [5.41, 5.74) is 1.85. The second-order valence-corrected chi connectivity index (χ2v) is 8.87. The van der Waals surface area contributed by atoms with Crippen molar-refractivity contribution in [1.82, 2.24) is 0 Å². The van der Waals surface area contributed by atoms with Crippen molar-refractivity contribution in [2.75, 3.05) is 33.2 Å². The van der Waals surface area contributed by atoms with Gasteiger partial charge < -0.3 is 18.9 Å². The van der Waals surface area contributed by atoms with E-state index in [1.807, 2.05) is 12.1 Å². The van der Waals surface area contributed by atoms with Crippen molar-refractivity contribution in [2.24, 2.45) is 0 Å². The van der Waals surface area contributed by atoms with Crippen LogP contribution in [0.3, 0.4) is 0 Å². The lowest BCUT2D eigenvalue weighted by molar-refractivity contribution is 0.324. The van der Waals surface area contributed by atoms with Crippen LogP contribution < -0.4 is 23.7 Å².